The molecule has 184 valence electrons. The highest BCUT2D eigenvalue weighted by Gasteiger charge is 2.31. The zero-order valence-electron chi connectivity index (χ0n) is 18.9. The summed E-state index contributed by atoms with van der Waals surface area (Å²) in [6, 6.07) is 11.6. The fourth-order valence-electron chi connectivity index (χ4n) is 3.76. The first-order valence-electron chi connectivity index (χ1n) is 10.6. The predicted octanol–water partition coefficient (Wildman–Crippen LogP) is 4.67. The third kappa shape index (κ3) is 4.40. The molecule has 1 amide bonds. The van der Waals surface area contributed by atoms with E-state index < -0.39 is 30.1 Å². The Morgan fingerprint density at radius 3 is 2.75 bits per heavy atom. The van der Waals surface area contributed by atoms with Crippen molar-refractivity contribution < 1.29 is 31.5 Å². The highest BCUT2D eigenvalue weighted by molar-refractivity contribution is 5.95. The molecule has 0 aliphatic rings. The van der Waals surface area contributed by atoms with E-state index in [1.54, 1.807) is 25.1 Å². The Labute approximate surface area is 200 Å². The summed E-state index contributed by atoms with van der Waals surface area (Å²) >= 11 is 0. The predicted molar refractivity (Wildman–Crippen MR) is 123 cm³/mol. The Hall–Kier alpha value is -4.61. The second-order valence-electron chi connectivity index (χ2n) is 7.89. The zero-order valence-corrected chi connectivity index (χ0v) is 18.9. The number of alkyl halides is 3. The lowest BCUT2D eigenvalue weighted by molar-refractivity contribution is -0.274. The lowest BCUT2D eigenvalue weighted by Gasteiger charge is -2.18. The van der Waals surface area contributed by atoms with Gasteiger partial charge in [-0.3, -0.25) is 9.59 Å². The van der Waals surface area contributed by atoms with Crippen molar-refractivity contribution in [2.45, 2.75) is 19.8 Å². The molecule has 0 bridgehead atoms. The van der Waals surface area contributed by atoms with E-state index in [0.29, 0.717) is 22.7 Å². The molecule has 36 heavy (non-hydrogen) atoms. The van der Waals surface area contributed by atoms with Gasteiger partial charge in [-0.1, -0.05) is 12.1 Å². The van der Waals surface area contributed by atoms with Gasteiger partial charge in [0.25, 0.3) is 5.56 Å². The number of aryl methyl sites for hydroxylation is 1. The number of likely N-dealkylation sites (N-methyl/N-ethyl adjacent to an activating group) is 1. The number of nitrogens with zero attached hydrogens (tertiary/aromatic N) is 4. The lowest BCUT2D eigenvalue weighted by Crippen LogP contribution is -2.35. The number of amides is 1. The molecule has 0 unspecified atom stereocenters. The molecule has 5 rings (SSSR count). The average molecular weight is 498 g/mol. The lowest BCUT2D eigenvalue weighted by atomic mass is 10.1. The molecule has 0 atom stereocenters. The monoisotopic (exact) mass is 498 g/mol. The van der Waals surface area contributed by atoms with E-state index >= 15 is 0 Å². The number of benzene rings is 2. The largest absolute Gasteiger partial charge is 0.573 e. The first kappa shape index (κ1) is 23.1. The van der Waals surface area contributed by atoms with Crippen molar-refractivity contribution >= 4 is 33.7 Å². The molecular formula is C24H17F3N4O5. The quantitative estimate of drug-likeness (QED) is 0.347. The summed E-state index contributed by atoms with van der Waals surface area (Å²) in [5, 5.41) is 4.37. The standard InChI is InChI=1S/C24H17F3N4O5/c1-13-28-18-7-6-15(11-19(18)35-13)30(2)20(32)12-31-23(33)17-8-9-34-22(17)21(29-31)14-4-3-5-16(10-14)36-24(25,26)27/h3-11H,12H2,1-2H3. The van der Waals surface area contributed by atoms with Gasteiger partial charge in [-0.2, -0.15) is 5.10 Å². The van der Waals surface area contributed by atoms with Crippen LogP contribution in [0, 0.1) is 6.92 Å². The van der Waals surface area contributed by atoms with Crippen molar-refractivity contribution in [3.8, 4) is 17.0 Å². The molecule has 0 fully saturated rings. The highest BCUT2D eigenvalue weighted by Crippen LogP contribution is 2.30. The van der Waals surface area contributed by atoms with Crippen LogP contribution in [0.5, 0.6) is 5.75 Å². The van der Waals surface area contributed by atoms with Gasteiger partial charge in [0.05, 0.1) is 11.6 Å². The van der Waals surface area contributed by atoms with Crippen LogP contribution in [-0.4, -0.2) is 34.1 Å². The number of ether oxygens (including phenoxy) is 1. The normalized spacial score (nSPS) is 11.8. The van der Waals surface area contributed by atoms with E-state index in [4.69, 9.17) is 8.83 Å². The fraction of sp³-hybridized carbons (Fsp3) is 0.167. The molecule has 0 radical (unpaired) electrons. The summed E-state index contributed by atoms with van der Waals surface area (Å²) in [6.45, 7) is 1.27. The highest BCUT2D eigenvalue weighted by atomic mass is 19.4. The Kier molecular flexibility index (Phi) is 5.50. The van der Waals surface area contributed by atoms with Gasteiger partial charge in [-0.15, -0.1) is 13.2 Å². The van der Waals surface area contributed by atoms with Crippen molar-refractivity contribution in [3.63, 3.8) is 0 Å². The fourth-order valence-corrected chi connectivity index (χ4v) is 3.76. The van der Waals surface area contributed by atoms with Crippen LogP contribution in [0.4, 0.5) is 18.9 Å². The van der Waals surface area contributed by atoms with E-state index in [2.05, 4.69) is 14.8 Å². The summed E-state index contributed by atoms with van der Waals surface area (Å²) in [7, 11) is 1.53. The van der Waals surface area contributed by atoms with Crippen LogP contribution >= 0.6 is 0 Å². The Morgan fingerprint density at radius 2 is 1.97 bits per heavy atom. The van der Waals surface area contributed by atoms with Crippen LogP contribution in [0.3, 0.4) is 0 Å². The van der Waals surface area contributed by atoms with Crippen molar-refractivity contribution in [3.05, 3.63) is 71.0 Å². The summed E-state index contributed by atoms with van der Waals surface area (Å²) in [5.74, 6) is -0.450. The Bertz CT molecular complexity index is 1670. The molecule has 3 aromatic heterocycles. The van der Waals surface area contributed by atoms with Gasteiger partial charge in [-0.25, -0.2) is 9.67 Å². The SMILES string of the molecule is Cc1nc2ccc(N(C)C(=O)Cn3nc(-c4cccc(OC(F)(F)F)c4)c4occc4c3=O)cc2o1. The Morgan fingerprint density at radius 1 is 1.17 bits per heavy atom. The molecule has 0 spiro atoms. The van der Waals surface area contributed by atoms with Crippen molar-refractivity contribution in [2.24, 2.45) is 0 Å². The van der Waals surface area contributed by atoms with Gasteiger partial charge >= 0.3 is 6.36 Å². The second-order valence-corrected chi connectivity index (χ2v) is 7.89. The van der Waals surface area contributed by atoms with Gasteiger partial charge in [0, 0.05) is 31.3 Å². The molecule has 5 aromatic rings. The number of halogens is 3. The third-order valence-electron chi connectivity index (χ3n) is 5.43. The number of carbonyl (C=O) groups is 1. The number of carbonyl (C=O) groups excluding carboxylic acids is 1. The first-order valence-corrected chi connectivity index (χ1v) is 10.6. The number of aromatic nitrogens is 3. The molecule has 12 heteroatoms. The molecular weight excluding hydrogens is 481 g/mol. The van der Waals surface area contributed by atoms with E-state index in [9.17, 15) is 22.8 Å². The summed E-state index contributed by atoms with van der Waals surface area (Å²) < 4.78 is 53.9. The van der Waals surface area contributed by atoms with Crippen molar-refractivity contribution in [1.82, 2.24) is 14.8 Å². The molecule has 0 saturated heterocycles. The topological polar surface area (TPSA) is 104 Å². The van der Waals surface area contributed by atoms with Crippen LogP contribution in [0.25, 0.3) is 33.3 Å². The smallest absolute Gasteiger partial charge is 0.462 e. The van der Waals surface area contributed by atoms with Gasteiger partial charge < -0.3 is 18.5 Å². The maximum absolute atomic E-state index is 13.1. The molecule has 3 heterocycles. The van der Waals surface area contributed by atoms with Crippen molar-refractivity contribution in [1.29, 1.82) is 0 Å². The third-order valence-corrected chi connectivity index (χ3v) is 5.43. The number of anilines is 1. The van der Waals surface area contributed by atoms with Crippen LogP contribution in [0.1, 0.15) is 5.89 Å². The number of rotatable bonds is 5. The van der Waals surface area contributed by atoms with Crippen molar-refractivity contribution in [2.75, 3.05) is 11.9 Å². The molecule has 0 saturated carbocycles. The van der Waals surface area contributed by atoms with E-state index in [-0.39, 0.29) is 22.2 Å². The number of furan rings is 1. The number of hydrogen-bond donors (Lipinski definition) is 0. The maximum Gasteiger partial charge on any atom is 0.573 e. The molecule has 9 nitrogen and oxygen atoms in total. The van der Waals surface area contributed by atoms with Gasteiger partial charge in [-0.05, 0) is 30.3 Å². The first-order chi connectivity index (χ1) is 17.1. The second kappa shape index (κ2) is 8.56. The maximum atomic E-state index is 13.1. The summed E-state index contributed by atoms with van der Waals surface area (Å²) in [4.78, 5) is 31.6. The molecule has 0 N–H and O–H groups in total. The molecule has 0 aliphatic carbocycles. The van der Waals surface area contributed by atoms with Gasteiger partial charge in [0.1, 0.15) is 23.5 Å². The Balaban J connectivity index is 1.50. The van der Waals surface area contributed by atoms with E-state index in [0.717, 1.165) is 16.8 Å². The molecule has 0 aliphatic heterocycles. The van der Waals surface area contributed by atoms with E-state index in [1.807, 2.05) is 0 Å². The minimum Gasteiger partial charge on any atom is -0.462 e. The summed E-state index contributed by atoms with van der Waals surface area (Å²) in [5.41, 5.74) is 1.43. The number of hydrogen-bond acceptors (Lipinski definition) is 7. The minimum atomic E-state index is -4.88. The zero-order chi connectivity index (χ0) is 25.6. The van der Waals surface area contributed by atoms with Crippen LogP contribution in [0.15, 0.2) is 68.4 Å². The average Bonchev–Trinajstić information content (AvgIpc) is 3.45. The van der Waals surface area contributed by atoms with Crippen LogP contribution in [-0.2, 0) is 11.3 Å². The minimum absolute atomic E-state index is 0.0763. The van der Waals surface area contributed by atoms with Crippen LogP contribution < -0.4 is 15.2 Å². The van der Waals surface area contributed by atoms with Gasteiger partial charge in [0.15, 0.2) is 17.1 Å². The number of oxazole rings is 1. The molecule has 2 aromatic carbocycles. The summed E-state index contributed by atoms with van der Waals surface area (Å²) in [6.07, 6.45) is -3.62. The van der Waals surface area contributed by atoms with Crippen LogP contribution in [0.2, 0.25) is 0 Å². The number of fused-ring (bicyclic) bond motifs is 2. The van der Waals surface area contributed by atoms with E-state index in [1.165, 1.54) is 36.4 Å². The van der Waals surface area contributed by atoms with Gasteiger partial charge in [0.2, 0.25) is 5.91 Å².